The Hall–Kier alpha value is -3.06. The predicted octanol–water partition coefficient (Wildman–Crippen LogP) is 3.86. The lowest BCUT2D eigenvalue weighted by molar-refractivity contribution is -0.126. The fourth-order valence-electron chi connectivity index (χ4n) is 5.25. The number of methoxy groups -OCH3 is 1. The highest BCUT2D eigenvalue weighted by Gasteiger charge is 2.45. The summed E-state index contributed by atoms with van der Waals surface area (Å²) >= 11 is 6.20. The zero-order chi connectivity index (χ0) is 23.1. The monoisotopic (exact) mass is 467 g/mol. The maximum Gasteiger partial charge on any atom is 0.256 e. The fourth-order valence-corrected chi connectivity index (χ4v) is 5.42. The van der Waals surface area contributed by atoms with Crippen molar-refractivity contribution >= 4 is 35.0 Å². The number of nitrogens with one attached hydrogen (secondary N) is 2. The molecule has 8 heteroatoms. The summed E-state index contributed by atoms with van der Waals surface area (Å²) in [5.41, 5.74) is 2.40. The first-order valence-electron chi connectivity index (χ1n) is 11.4. The largest absolute Gasteiger partial charge is 0.496 e. The maximum atomic E-state index is 13.5. The van der Waals surface area contributed by atoms with E-state index >= 15 is 0 Å². The van der Waals surface area contributed by atoms with Gasteiger partial charge in [-0.1, -0.05) is 30.5 Å². The molecule has 2 aromatic carbocycles. The molecule has 1 aliphatic carbocycles. The van der Waals surface area contributed by atoms with Crippen LogP contribution in [0.1, 0.15) is 42.5 Å². The lowest BCUT2D eigenvalue weighted by Gasteiger charge is -2.25. The normalized spacial score (nSPS) is 22.4. The third-order valence-electron chi connectivity index (χ3n) is 6.96. The molecule has 2 unspecified atom stereocenters. The van der Waals surface area contributed by atoms with Crippen LogP contribution >= 0.6 is 11.6 Å². The minimum atomic E-state index is -0.723. The van der Waals surface area contributed by atoms with Crippen LogP contribution in [0, 0.1) is 5.92 Å². The van der Waals surface area contributed by atoms with Gasteiger partial charge in [-0.15, -0.1) is 0 Å². The summed E-state index contributed by atoms with van der Waals surface area (Å²) in [5, 5.41) is 6.52. The highest BCUT2D eigenvalue weighted by Crippen LogP contribution is 2.37. The van der Waals surface area contributed by atoms with Crippen molar-refractivity contribution < 1.29 is 19.1 Å². The van der Waals surface area contributed by atoms with Gasteiger partial charge < -0.3 is 20.3 Å². The summed E-state index contributed by atoms with van der Waals surface area (Å²) in [6.45, 7) is 0.413. The fraction of sp³-hybridized carbons (Fsp3) is 0.400. The molecule has 172 valence electrons. The second-order valence-electron chi connectivity index (χ2n) is 8.92. The SMILES string of the molecule is COc1ccc(Cl)cc1-c1ccc2c(c1)C(=O)N1CCC(NC(=O)C3CCCC3)C1C(=O)N2. The summed E-state index contributed by atoms with van der Waals surface area (Å²) in [6, 6.07) is 9.52. The van der Waals surface area contributed by atoms with Crippen molar-refractivity contribution in [3.63, 3.8) is 0 Å². The number of anilines is 1. The number of carbonyl (C=O) groups is 3. The zero-order valence-electron chi connectivity index (χ0n) is 18.4. The Balaban J connectivity index is 1.44. The van der Waals surface area contributed by atoms with Crippen molar-refractivity contribution in [3.05, 3.63) is 47.0 Å². The first kappa shape index (κ1) is 21.8. The van der Waals surface area contributed by atoms with E-state index in [0.29, 0.717) is 35.0 Å². The lowest BCUT2D eigenvalue weighted by atomic mass is 10.0. The van der Waals surface area contributed by atoms with Gasteiger partial charge in [0.1, 0.15) is 11.8 Å². The van der Waals surface area contributed by atoms with Crippen LogP contribution in [0.2, 0.25) is 5.02 Å². The second-order valence-corrected chi connectivity index (χ2v) is 9.36. The summed E-state index contributed by atoms with van der Waals surface area (Å²) < 4.78 is 5.47. The van der Waals surface area contributed by atoms with Gasteiger partial charge in [-0.2, -0.15) is 0 Å². The molecule has 1 saturated carbocycles. The molecule has 33 heavy (non-hydrogen) atoms. The summed E-state index contributed by atoms with van der Waals surface area (Å²) in [6.07, 6.45) is 4.45. The van der Waals surface area contributed by atoms with E-state index in [9.17, 15) is 14.4 Å². The minimum Gasteiger partial charge on any atom is -0.496 e. The molecule has 0 bridgehead atoms. The molecule has 5 rings (SSSR count). The van der Waals surface area contributed by atoms with Crippen molar-refractivity contribution in [3.8, 4) is 16.9 Å². The van der Waals surface area contributed by atoms with E-state index in [0.717, 1.165) is 36.8 Å². The van der Waals surface area contributed by atoms with Crippen LogP contribution in [-0.4, -0.2) is 48.4 Å². The van der Waals surface area contributed by atoms with Gasteiger partial charge in [0.05, 0.1) is 24.4 Å². The molecule has 2 aromatic rings. The Labute approximate surface area is 197 Å². The maximum absolute atomic E-state index is 13.5. The lowest BCUT2D eigenvalue weighted by Crippen LogP contribution is -2.52. The van der Waals surface area contributed by atoms with Crippen molar-refractivity contribution in [1.29, 1.82) is 0 Å². The van der Waals surface area contributed by atoms with Crippen LogP contribution in [0.3, 0.4) is 0 Å². The van der Waals surface area contributed by atoms with E-state index in [1.807, 2.05) is 6.07 Å². The highest BCUT2D eigenvalue weighted by molar-refractivity contribution is 6.31. The molecule has 2 atom stereocenters. The van der Waals surface area contributed by atoms with Gasteiger partial charge in [-0.25, -0.2) is 0 Å². The first-order chi connectivity index (χ1) is 16.0. The van der Waals surface area contributed by atoms with Gasteiger partial charge in [-0.3, -0.25) is 14.4 Å². The molecule has 2 heterocycles. The quantitative estimate of drug-likeness (QED) is 0.714. The molecule has 3 amide bonds. The third-order valence-corrected chi connectivity index (χ3v) is 7.20. The summed E-state index contributed by atoms with van der Waals surface area (Å²) in [5.74, 6) is 0.143. The van der Waals surface area contributed by atoms with Gasteiger partial charge in [0.2, 0.25) is 11.8 Å². The van der Waals surface area contributed by atoms with E-state index in [1.165, 1.54) is 0 Å². The van der Waals surface area contributed by atoms with Gasteiger partial charge in [0.15, 0.2) is 0 Å². The number of benzene rings is 2. The Bertz CT molecular complexity index is 1130. The average molecular weight is 468 g/mol. The van der Waals surface area contributed by atoms with Gasteiger partial charge in [-0.05, 0) is 55.2 Å². The van der Waals surface area contributed by atoms with Crippen molar-refractivity contribution in [1.82, 2.24) is 10.2 Å². The molecule has 2 N–H and O–H groups in total. The molecule has 1 saturated heterocycles. The topological polar surface area (TPSA) is 87.7 Å². The summed E-state index contributed by atoms with van der Waals surface area (Å²) in [7, 11) is 1.58. The number of hydrogen-bond donors (Lipinski definition) is 2. The Kier molecular flexibility index (Phi) is 5.74. The van der Waals surface area contributed by atoms with Crippen LogP contribution in [-0.2, 0) is 9.59 Å². The van der Waals surface area contributed by atoms with Crippen LogP contribution in [0.25, 0.3) is 11.1 Å². The van der Waals surface area contributed by atoms with Gasteiger partial charge in [0.25, 0.3) is 5.91 Å². The third kappa shape index (κ3) is 3.95. The molecule has 0 spiro atoms. The molecule has 2 aliphatic heterocycles. The Morgan fingerprint density at radius 3 is 2.64 bits per heavy atom. The number of ether oxygens (including phenoxy) is 1. The molecule has 7 nitrogen and oxygen atoms in total. The minimum absolute atomic E-state index is 0.00306. The average Bonchev–Trinajstić information content (AvgIpc) is 3.47. The van der Waals surface area contributed by atoms with Crippen molar-refractivity contribution in [2.45, 2.75) is 44.2 Å². The predicted molar refractivity (Wildman–Crippen MR) is 125 cm³/mol. The molecule has 0 aromatic heterocycles. The van der Waals surface area contributed by atoms with Crippen LogP contribution in [0.5, 0.6) is 5.75 Å². The summed E-state index contributed by atoms with van der Waals surface area (Å²) in [4.78, 5) is 40.9. The molecule has 0 radical (unpaired) electrons. The number of amides is 3. The van der Waals surface area contributed by atoms with E-state index in [1.54, 1.807) is 42.3 Å². The van der Waals surface area contributed by atoms with Crippen molar-refractivity contribution in [2.24, 2.45) is 5.92 Å². The van der Waals surface area contributed by atoms with E-state index in [2.05, 4.69) is 10.6 Å². The number of halogens is 1. The standard InChI is InChI=1S/C25H26ClN3O4/c1-33-21-9-7-16(26)13-17(21)15-6-8-19-18(12-15)25(32)29-11-10-20(22(29)24(31)27-19)28-23(30)14-4-2-3-5-14/h6-9,12-14,20,22H,2-5,10-11H2,1H3,(H,27,31)(H,28,30). The molecular weight excluding hydrogens is 442 g/mol. The first-order valence-corrected chi connectivity index (χ1v) is 11.7. The molecule has 3 aliphatic rings. The Morgan fingerprint density at radius 2 is 1.88 bits per heavy atom. The van der Waals surface area contributed by atoms with Crippen LogP contribution in [0.15, 0.2) is 36.4 Å². The van der Waals surface area contributed by atoms with E-state index in [4.69, 9.17) is 16.3 Å². The van der Waals surface area contributed by atoms with Gasteiger partial charge >= 0.3 is 0 Å². The Morgan fingerprint density at radius 1 is 1.09 bits per heavy atom. The van der Waals surface area contributed by atoms with Crippen molar-refractivity contribution in [2.75, 3.05) is 19.0 Å². The highest BCUT2D eigenvalue weighted by atomic mass is 35.5. The van der Waals surface area contributed by atoms with Crippen LogP contribution < -0.4 is 15.4 Å². The number of nitrogens with zero attached hydrogens (tertiary/aromatic N) is 1. The second kappa shape index (κ2) is 8.71. The molecule has 2 fully saturated rings. The zero-order valence-corrected chi connectivity index (χ0v) is 19.2. The number of rotatable bonds is 4. The number of carbonyl (C=O) groups excluding carboxylic acids is 3. The van der Waals surface area contributed by atoms with Gasteiger partial charge in [0, 0.05) is 23.0 Å². The molecular formula is C25H26ClN3O4. The smallest absolute Gasteiger partial charge is 0.256 e. The number of fused-ring (bicyclic) bond motifs is 2. The number of hydrogen-bond acceptors (Lipinski definition) is 4. The van der Waals surface area contributed by atoms with E-state index < -0.39 is 6.04 Å². The van der Waals surface area contributed by atoms with E-state index in [-0.39, 0.29) is 29.7 Å². The van der Waals surface area contributed by atoms with Crippen LogP contribution in [0.4, 0.5) is 5.69 Å².